The van der Waals surface area contributed by atoms with Crippen molar-refractivity contribution in [3.05, 3.63) is 137 Å². The van der Waals surface area contributed by atoms with E-state index in [4.69, 9.17) is 48.9 Å². The van der Waals surface area contributed by atoms with Gasteiger partial charge >= 0.3 is 0 Å². The fraction of sp³-hybridized carbons (Fsp3) is 0.220. The Bertz CT molecular complexity index is 2150. The van der Waals surface area contributed by atoms with Gasteiger partial charge in [-0.3, -0.25) is 0 Å². The average molecular weight is 715 g/mol. The Morgan fingerprint density at radius 1 is 0.468 bits per heavy atom. The van der Waals surface area contributed by atoms with Crippen molar-refractivity contribution in [2.75, 3.05) is 0 Å². The Kier molecular flexibility index (Phi) is 6.21. The lowest BCUT2D eigenvalue weighted by Gasteiger charge is -2.32. The van der Waals surface area contributed by atoms with E-state index in [-0.39, 0.29) is 16.2 Å². The lowest BCUT2D eigenvalue weighted by Crippen LogP contribution is -2.27. The largest absolute Gasteiger partial charge is 0.134 e. The minimum atomic E-state index is -0.173. The maximum atomic E-state index is 5.95. The van der Waals surface area contributed by atoms with Crippen molar-refractivity contribution in [1.82, 2.24) is 0 Å². The van der Waals surface area contributed by atoms with Crippen LogP contribution in [0.3, 0.4) is 0 Å². The molecule has 0 saturated heterocycles. The predicted molar refractivity (Wildman–Crippen MR) is 218 cm³/mol. The number of benzene rings is 2. The zero-order valence-corrected chi connectivity index (χ0v) is 31.8. The van der Waals surface area contributed by atoms with Crippen molar-refractivity contribution in [2.24, 2.45) is 0 Å². The van der Waals surface area contributed by atoms with Crippen LogP contribution in [-0.4, -0.2) is 19.5 Å². The summed E-state index contributed by atoms with van der Waals surface area (Å²) >= 11 is 27.7. The van der Waals surface area contributed by atoms with Gasteiger partial charge in [-0.15, -0.1) is 22.7 Å². The molecular weight excluding hydrogens is 685 g/mol. The average Bonchev–Trinajstić information content (AvgIpc) is 3.84. The van der Waals surface area contributed by atoms with Crippen LogP contribution in [0.5, 0.6) is 0 Å². The van der Waals surface area contributed by atoms with Crippen molar-refractivity contribution in [1.29, 1.82) is 0 Å². The number of hydrogen-bond donors (Lipinski definition) is 0. The molecule has 2 heterocycles. The highest BCUT2D eigenvalue weighted by molar-refractivity contribution is 7.84. The van der Waals surface area contributed by atoms with Gasteiger partial charge in [0.05, 0.1) is 19.5 Å². The lowest BCUT2D eigenvalue weighted by atomic mass is 9.70. The van der Waals surface area contributed by atoms with E-state index in [1.807, 2.05) is 46.9 Å². The molecule has 2 aromatic heterocycles. The summed E-state index contributed by atoms with van der Waals surface area (Å²) in [5.41, 5.74) is 14.3. The Morgan fingerprint density at radius 3 is 1.11 bits per heavy atom. The molecule has 5 aliphatic rings. The fourth-order valence-electron chi connectivity index (χ4n) is 8.47. The van der Waals surface area contributed by atoms with E-state index >= 15 is 0 Å². The topological polar surface area (TPSA) is 0 Å². The van der Waals surface area contributed by atoms with Gasteiger partial charge in [0, 0.05) is 69.2 Å². The van der Waals surface area contributed by atoms with Gasteiger partial charge < -0.3 is 0 Å². The SMILES string of the molecule is CC1(C)C(C=C2C(=S)c3ccccc3C2=S)=Cc2sc3c(c21)C(C)(C)c1c-3sc2c1C(C)(C)C(C=C1C(=S)c3ccccc3C1=S)=C2. The van der Waals surface area contributed by atoms with Crippen LogP contribution in [-0.2, 0) is 16.2 Å². The molecule has 0 aliphatic heterocycles. The normalized spacial score (nSPS) is 20.1. The van der Waals surface area contributed by atoms with Crippen molar-refractivity contribution in [2.45, 2.75) is 57.8 Å². The molecule has 0 atom stereocenters. The van der Waals surface area contributed by atoms with Gasteiger partial charge in [0.25, 0.3) is 0 Å². The molecule has 5 aliphatic carbocycles. The van der Waals surface area contributed by atoms with Crippen LogP contribution in [0.2, 0.25) is 0 Å². The third-order valence-electron chi connectivity index (χ3n) is 11.0. The van der Waals surface area contributed by atoms with Gasteiger partial charge in [-0.1, -0.05) is 139 Å². The first-order valence-corrected chi connectivity index (χ1v) is 19.1. The highest BCUT2D eigenvalue weighted by atomic mass is 32.1. The summed E-state index contributed by atoms with van der Waals surface area (Å²) in [7, 11) is 0. The Labute approximate surface area is 305 Å². The third-order valence-corrected chi connectivity index (χ3v) is 15.2. The fourth-order valence-corrected chi connectivity index (χ4v) is 13.2. The second-order valence-electron chi connectivity index (χ2n) is 14.7. The van der Waals surface area contributed by atoms with Gasteiger partial charge in [0.15, 0.2) is 0 Å². The van der Waals surface area contributed by atoms with Crippen LogP contribution in [0.15, 0.2) is 83.0 Å². The number of allylic oxidation sites excluding steroid dienone is 6. The van der Waals surface area contributed by atoms with Gasteiger partial charge in [-0.25, -0.2) is 0 Å². The van der Waals surface area contributed by atoms with Gasteiger partial charge in [-0.2, -0.15) is 0 Å². The van der Waals surface area contributed by atoms with Gasteiger partial charge in [0.1, 0.15) is 0 Å². The van der Waals surface area contributed by atoms with E-state index in [9.17, 15) is 0 Å². The number of fused-ring (bicyclic) bond motifs is 9. The molecule has 0 N–H and O–H groups in total. The Balaban J connectivity index is 1.12. The molecule has 0 bridgehead atoms. The van der Waals surface area contributed by atoms with Crippen LogP contribution in [0.25, 0.3) is 21.9 Å². The highest BCUT2D eigenvalue weighted by Crippen LogP contribution is 2.66. The van der Waals surface area contributed by atoms with E-state index in [0.29, 0.717) is 0 Å². The molecule has 9 rings (SSSR count). The number of hydrogen-bond acceptors (Lipinski definition) is 6. The second kappa shape index (κ2) is 9.65. The molecule has 0 unspecified atom stereocenters. The van der Waals surface area contributed by atoms with Crippen LogP contribution < -0.4 is 0 Å². The molecule has 0 saturated carbocycles. The maximum absolute atomic E-state index is 5.95. The first-order valence-electron chi connectivity index (χ1n) is 15.8. The zero-order valence-electron chi connectivity index (χ0n) is 26.9. The van der Waals surface area contributed by atoms with E-state index < -0.39 is 0 Å². The Hall–Kier alpha value is -2.84. The first kappa shape index (κ1) is 30.2. The van der Waals surface area contributed by atoms with Crippen LogP contribution in [0.4, 0.5) is 0 Å². The summed E-state index contributed by atoms with van der Waals surface area (Å²) in [6.07, 6.45) is 9.36. The Morgan fingerprint density at radius 2 is 0.787 bits per heavy atom. The van der Waals surface area contributed by atoms with Crippen molar-refractivity contribution < 1.29 is 0 Å². The van der Waals surface area contributed by atoms with Crippen LogP contribution in [0.1, 0.15) is 95.8 Å². The van der Waals surface area contributed by atoms with E-state index in [1.54, 1.807) is 0 Å². The molecule has 4 aromatic rings. The first-order chi connectivity index (χ1) is 22.2. The molecule has 0 nitrogen and oxygen atoms in total. The molecule has 0 radical (unpaired) electrons. The van der Waals surface area contributed by atoms with E-state index in [1.165, 1.54) is 52.9 Å². The summed E-state index contributed by atoms with van der Waals surface area (Å²) in [6, 6.07) is 16.5. The monoisotopic (exact) mass is 714 g/mol. The molecule has 230 valence electrons. The minimum absolute atomic E-state index is 0.136. The highest BCUT2D eigenvalue weighted by Gasteiger charge is 2.52. The smallest absolute Gasteiger partial charge is 0.0543 e. The van der Waals surface area contributed by atoms with E-state index in [2.05, 4.69) is 90.1 Å². The third kappa shape index (κ3) is 3.78. The molecular formula is C41H30S6. The molecule has 47 heavy (non-hydrogen) atoms. The predicted octanol–water partition coefficient (Wildman–Crippen LogP) is 11.6. The van der Waals surface area contributed by atoms with E-state index in [0.717, 1.165) is 52.9 Å². The van der Waals surface area contributed by atoms with Gasteiger partial charge in [0.2, 0.25) is 0 Å². The lowest BCUT2D eigenvalue weighted by molar-refractivity contribution is 0.577. The number of thiocarbonyl (C=S) groups is 4. The minimum Gasteiger partial charge on any atom is -0.134 e. The summed E-state index contributed by atoms with van der Waals surface area (Å²) < 4.78 is 0. The summed E-state index contributed by atoms with van der Waals surface area (Å²) in [4.78, 5) is 9.09. The number of rotatable bonds is 2. The molecule has 0 amide bonds. The summed E-state index contributed by atoms with van der Waals surface area (Å²) in [5, 5.41) is 0. The second-order valence-corrected chi connectivity index (χ2v) is 18.4. The van der Waals surface area contributed by atoms with Gasteiger partial charge in [-0.05, 0) is 57.7 Å². The van der Waals surface area contributed by atoms with Crippen LogP contribution in [0, 0.1) is 0 Å². The standard InChI is InChI=1S/C41H30S6/c1-39(2)19(15-25-33(42)21-11-7-8-12-22(21)34(25)43)17-27-29(39)31-37(46-27)38-32(41(31,5)6)30-28(47-38)18-20(40(30,3)4)16-26-35(44)23-13-9-10-14-24(23)36(26)45/h7-18H,1-6H3. The maximum Gasteiger partial charge on any atom is 0.0543 e. The summed E-state index contributed by atoms with van der Waals surface area (Å²) in [6.45, 7) is 14.4. The molecule has 6 heteroatoms. The summed E-state index contributed by atoms with van der Waals surface area (Å²) in [5.74, 6) is 0. The molecule has 0 fully saturated rings. The van der Waals surface area contributed by atoms with Crippen molar-refractivity contribution >= 4 is 103 Å². The quantitative estimate of drug-likeness (QED) is 0.150. The number of thiophene rings is 2. The van der Waals surface area contributed by atoms with Crippen molar-refractivity contribution in [3.63, 3.8) is 0 Å². The van der Waals surface area contributed by atoms with Crippen LogP contribution >= 0.6 is 71.5 Å². The zero-order chi connectivity index (χ0) is 32.9. The molecule has 2 aromatic carbocycles. The molecule has 0 spiro atoms. The van der Waals surface area contributed by atoms with Crippen molar-refractivity contribution in [3.8, 4) is 9.75 Å².